The molecule has 33 heavy (non-hydrogen) atoms. The van der Waals surface area contributed by atoms with Gasteiger partial charge in [0, 0.05) is 33.7 Å². The smallest absolute Gasteiger partial charge is 0.160 e. The lowest BCUT2D eigenvalue weighted by atomic mass is 10.0. The van der Waals surface area contributed by atoms with Crippen molar-refractivity contribution in [2.75, 3.05) is 0 Å². The molecule has 2 aromatic heterocycles. The van der Waals surface area contributed by atoms with Gasteiger partial charge in [0.2, 0.25) is 0 Å². The van der Waals surface area contributed by atoms with Crippen LogP contribution in [-0.4, -0.2) is 19.9 Å². The number of allylic oxidation sites excluding steroid dienone is 5. The third kappa shape index (κ3) is 3.94. The number of hydrogen-bond donors (Lipinski definition) is 0. The third-order valence-electron chi connectivity index (χ3n) is 5.49. The van der Waals surface area contributed by atoms with Crippen LogP contribution in [-0.2, 0) is 0 Å². The summed E-state index contributed by atoms with van der Waals surface area (Å²) in [4.78, 5) is 19.4. The normalized spacial score (nSPS) is 12.0. The molecule has 0 bridgehead atoms. The highest BCUT2D eigenvalue weighted by Gasteiger charge is 2.15. The van der Waals surface area contributed by atoms with Gasteiger partial charge in [0.1, 0.15) is 0 Å². The van der Waals surface area contributed by atoms with Crippen LogP contribution >= 0.6 is 0 Å². The van der Waals surface area contributed by atoms with Gasteiger partial charge in [-0.2, -0.15) is 0 Å². The highest BCUT2D eigenvalue weighted by atomic mass is 14.9. The van der Waals surface area contributed by atoms with Crippen molar-refractivity contribution in [3.8, 4) is 22.6 Å². The van der Waals surface area contributed by atoms with Crippen molar-refractivity contribution < 1.29 is 0 Å². The molecule has 158 valence electrons. The van der Waals surface area contributed by atoms with Crippen LogP contribution in [0.5, 0.6) is 0 Å². The van der Waals surface area contributed by atoms with Gasteiger partial charge in [0.25, 0.3) is 0 Å². The summed E-state index contributed by atoms with van der Waals surface area (Å²) in [5.74, 6) is 1.35. The van der Waals surface area contributed by atoms with Crippen molar-refractivity contribution in [1.29, 1.82) is 0 Å². The van der Waals surface area contributed by atoms with Gasteiger partial charge >= 0.3 is 0 Å². The summed E-state index contributed by atoms with van der Waals surface area (Å²) in [6, 6.07) is 24.3. The van der Waals surface area contributed by atoms with E-state index in [1.165, 1.54) is 0 Å². The topological polar surface area (TPSA) is 51.6 Å². The lowest BCUT2D eigenvalue weighted by Gasteiger charge is -2.11. The number of hydrogen-bond acceptors (Lipinski definition) is 4. The van der Waals surface area contributed by atoms with Gasteiger partial charge in [0.15, 0.2) is 11.6 Å². The van der Waals surface area contributed by atoms with Crippen molar-refractivity contribution in [1.82, 2.24) is 19.9 Å². The molecule has 0 unspecified atom stereocenters. The third-order valence-corrected chi connectivity index (χ3v) is 5.49. The summed E-state index contributed by atoms with van der Waals surface area (Å²) < 4.78 is 0. The molecular formula is C29H22N4. The zero-order chi connectivity index (χ0) is 22.6. The minimum absolute atomic E-state index is 0.670. The molecule has 0 saturated heterocycles. The average Bonchev–Trinajstić information content (AvgIpc) is 2.89. The van der Waals surface area contributed by atoms with Gasteiger partial charge in [0.05, 0.1) is 16.7 Å². The molecule has 0 aliphatic heterocycles. The van der Waals surface area contributed by atoms with Gasteiger partial charge in [-0.25, -0.2) is 19.9 Å². The molecule has 0 aliphatic carbocycles. The van der Waals surface area contributed by atoms with Gasteiger partial charge in [-0.15, -0.1) is 0 Å². The molecule has 3 aromatic carbocycles. The Morgan fingerprint density at radius 2 is 1.52 bits per heavy atom. The zero-order valence-electron chi connectivity index (χ0n) is 18.3. The lowest BCUT2D eigenvalue weighted by molar-refractivity contribution is 1.16. The summed E-state index contributed by atoms with van der Waals surface area (Å²) in [5, 5.41) is 1.87. The highest BCUT2D eigenvalue weighted by Crippen LogP contribution is 2.32. The molecule has 5 aromatic rings. The lowest BCUT2D eigenvalue weighted by Crippen LogP contribution is -1.98. The van der Waals surface area contributed by atoms with Crippen LogP contribution in [0.4, 0.5) is 0 Å². The Morgan fingerprint density at radius 1 is 0.788 bits per heavy atom. The van der Waals surface area contributed by atoms with E-state index in [1.54, 1.807) is 6.08 Å². The van der Waals surface area contributed by atoms with Crippen LogP contribution in [0, 0.1) is 0 Å². The molecule has 0 atom stereocenters. The summed E-state index contributed by atoms with van der Waals surface area (Å²) >= 11 is 0. The summed E-state index contributed by atoms with van der Waals surface area (Å²) in [6.07, 6.45) is 9.44. The minimum atomic E-state index is 0.670. The maximum absolute atomic E-state index is 4.97. The van der Waals surface area contributed by atoms with Crippen molar-refractivity contribution >= 4 is 27.4 Å². The molecule has 0 spiro atoms. The first-order valence-corrected chi connectivity index (χ1v) is 10.8. The van der Waals surface area contributed by atoms with Crippen LogP contribution in [0.15, 0.2) is 110 Å². The monoisotopic (exact) mass is 426 g/mol. The fraction of sp³-hybridized carbons (Fsp3) is 0.0345. The van der Waals surface area contributed by atoms with Crippen molar-refractivity contribution in [2.24, 2.45) is 0 Å². The van der Waals surface area contributed by atoms with E-state index >= 15 is 0 Å². The molecule has 0 aliphatic rings. The number of aromatic nitrogens is 4. The van der Waals surface area contributed by atoms with Crippen LogP contribution in [0.25, 0.3) is 50.0 Å². The minimum Gasteiger partial charge on any atom is -0.236 e. The predicted octanol–water partition coefficient (Wildman–Crippen LogP) is 7.05. The van der Waals surface area contributed by atoms with Gasteiger partial charge in [-0.05, 0) is 19.1 Å². The quantitative estimate of drug-likeness (QED) is 0.223. The van der Waals surface area contributed by atoms with Gasteiger partial charge in [-0.3, -0.25) is 0 Å². The molecule has 5 rings (SSSR count). The SMILES string of the molecule is C=C/C=C\C(=C/C)c1ncc2c(ccc3c(-c4ccccc4)nc(-c4ccccc4)nc32)n1. The molecule has 0 amide bonds. The van der Waals surface area contributed by atoms with E-state index in [1.807, 2.05) is 85.9 Å². The van der Waals surface area contributed by atoms with Crippen LogP contribution in [0.2, 0.25) is 0 Å². The maximum Gasteiger partial charge on any atom is 0.160 e. The molecule has 0 radical (unpaired) electrons. The fourth-order valence-electron chi connectivity index (χ4n) is 3.84. The van der Waals surface area contributed by atoms with Crippen LogP contribution < -0.4 is 0 Å². The second-order valence-corrected chi connectivity index (χ2v) is 7.55. The van der Waals surface area contributed by atoms with E-state index in [9.17, 15) is 0 Å². The first kappa shape index (κ1) is 20.5. The summed E-state index contributed by atoms with van der Waals surface area (Å²) in [6.45, 7) is 5.72. The number of nitrogens with zero attached hydrogens (tertiary/aromatic N) is 4. The van der Waals surface area contributed by atoms with Crippen LogP contribution in [0.3, 0.4) is 0 Å². The standard InChI is InChI=1S/C29H22N4/c1-3-5-12-20(4-2)28-30-19-24-25(31-28)18-17-23-26(21-13-8-6-9-14-21)32-29(33-27(23)24)22-15-10-7-11-16-22/h3-19H,1H2,2H3/b12-5-,20-4+. The molecule has 4 nitrogen and oxygen atoms in total. The molecule has 4 heteroatoms. The number of benzene rings is 3. The largest absolute Gasteiger partial charge is 0.236 e. The molecule has 0 saturated carbocycles. The zero-order valence-corrected chi connectivity index (χ0v) is 18.3. The Balaban J connectivity index is 1.78. The van der Waals surface area contributed by atoms with Crippen molar-refractivity contribution in [3.63, 3.8) is 0 Å². The number of rotatable bonds is 5. The van der Waals surface area contributed by atoms with Gasteiger partial charge in [-0.1, -0.05) is 91.5 Å². The Kier molecular flexibility index (Phi) is 5.56. The Bertz CT molecular complexity index is 1520. The van der Waals surface area contributed by atoms with E-state index in [2.05, 4.69) is 29.8 Å². The van der Waals surface area contributed by atoms with Crippen molar-refractivity contribution in [3.05, 3.63) is 116 Å². The molecular weight excluding hydrogens is 404 g/mol. The Morgan fingerprint density at radius 3 is 2.21 bits per heavy atom. The van der Waals surface area contributed by atoms with Gasteiger partial charge < -0.3 is 0 Å². The highest BCUT2D eigenvalue weighted by molar-refractivity contribution is 6.08. The summed E-state index contributed by atoms with van der Waals surface area (Å²) in [5.41, 5.74) is 5.54. The van der Waals surface area contributed by atoms with Crippen LogP contribution in [0.1, 0.15) is 12.7 Å². The van der Waals surface area contributed by atoms with E-state index in [-0.39, 0.29) is 0 Å². The van der Waals surface area contributed by atoms with E-state index in [0.717, 1.165) is 44.2 Å². The molecule has 2 heterocycles. The Labute approximate surface area is 192 Å². The summed E-state index contributed by atoms with van der Waals surface area (Å²) in [7, 11) is 0. The maximum atomic E-state index is 4.97. The second-order valence-electron chi connectivity index (χ2n) is 7.55. The Hall–Kier alpha value is -4.44. The first-order chi connectivity index (χ1) is 16.3. The van der Waals surface area contributed by atoms with Crippen molar-refractivity contribution in [2.45, 2.75) is 6.92 Å². The fourth-order valence-corrected chi connectivity index (χ4v) is 3.84. The molecule has 0 fully saturated rings. The average molecular weight is 427 g/mol. The van der Waals surface area contributed by atoms with E-state index in [4.69, 9.17) is 15.0 Å². The van der Waals surface area contributed by atoms with E-state index in [0.29, 0.717) is 11.6 Å². The molecule has 0 N–H and O–H groups in total. The first-order valence-electron chi connectivity index (χ1n) is 10.8. The second kappa shape index (κ2) is 8.97. The number of fused-ring (bicyclic) bond motifs is 3. The predicted molar refractivity (Wildman–Crippen MR) is 136 cm³/mol. The van der Waals surface area contributed by atoms with E-state index < -0.39 is 0 Å².